The van der Waals surface area contributed by atoms with E-state index in [4.69, 9.17) is 9.47 Å². The van der Waals surface area contributed by atoms with Crippen LogP contribution in [0.1, 0.15) is 38.9 Å². The Balaban J connectivity index is 2.28. The van der Waals surface area contributed by atoms with Gasteiger partial charge in [0.1, 0.15) is 18.0 Å². The maximum atomic E-state index is 12.4. The molecule has 0 aliphatic carbocycles. The molecule has 1 aliphatic rings. The number of halogens is 1. The van der Waals surface area contributed by atoms with Crippen LogP contribution in [0, 0.1) is 3.57 Å². The summed E-state index contributed by atoms with van der Waals surface area (Å²) in [7, 11) is 0. The van der Waals surface area contributed by atoms with Gasteiger partial charge in [0, 0.05) is 11.4 Å². The zero-order valence-corrected chi connectivity index (χ0v) is 16.0. The van der Waals surface area contributed by atoms with Crippen molar-refractivity contribution in [3.05, 3.63) is 28.0 Å². The lowest BCUT2D eigenvalue weighted by Gasteiger charge is -2.28. The zero-order chi connectivity index (χ0) is 16.3. The molecule has 22 heavy (non-hydrogen) atoms. The Bertz CT molecular complexity index is 548. The Morgan fingerprint density at radius 2 is 2.18 bits per heavy atom. The number of nitrogens with one attached hydrogen (secondary N) is 1. The fraction of sp³-hybridized carbons (Fsp3) is 0.533. The van der Waals surface area contributed by atoms with Gasteiger partial charge in [-0.2, -0.15) is 0 Å². The van der Waals surface area contributed by atoms with E-state index in [0.29, 0.717) is 31.3 Å². The van der Waals surface area contributed by atoms with Crippen molar-refractivity contribution in [1.29, 1.82) is 0 Å². The summed E-state index contributed by atoms with van der Waals surface area (Å²) in [5.74, 6) is 1.19. The molecule has 0 bridgehead atoms. The largest absolute Gasteiger partial charge is 0.598 e. The van der Waals surface area contributed by atoms with Gasteiger partial charge < -0.3 is 14.0 Å². The lowest BCUT2D eigenvalue weighted by molar-refractivity contribution is 0.162. The first-order valence-electron chi connectivity index (χ1n) is 7.08. The molecule has 1 aromatic heterocycles. The Labute approximate surface area is 148 Å². The first kappa shape index (κ1) is 17.8. The van der Waals surface area contributed by atoms with Crippen molar-refractivity contribution >= 4 is 34.0 Å². The second kappa shape index (κ2) is 7.37. The minimum absolute atomic E-state index is 0.179. The van der Waals surface area contributed by atoms with Crippen LogP contribution in [-0.2, 0) is 11.4 Å². The summed E-state index contributed by atoms with van der Waals surface area (Å²) < 4.78 is 27.3. The summed E-state index contributed by atoms with van der Waals surface area (Å²) in [6.07, 6.45) is 2.42. The minimum atomic E-state index is -1.19. The van der Waals surface area contributed by atoms with Crippen molar-refractivity contribution in [1.82, 2.24) is 9.71 Å². The van der Waals surface area contributed by atoms with Crippen LogP contribution < -0.4 is 14.2 Å². The number of pyridine rings is 1. The smallest absolute Gasteiger partial charge is 0.258 e. The summed E-state index contributed by atoms with van der Waals surface area (Å²) in [5.41, 5.74) is 0.783. The van der Waals surface area contributed by atoms with Gasteiger partial charge >= 0.3 is 0 Å². The molecule has 0 saturated carbocycles. The maximum Gasteiger partial charge on any atom is 0.258 e. The molecule has 1 aliphatic heterocycles. The third kappa shape index (κ3) is 4.27. The molecule has 0 amide bonds. The van der Waals surface area contributed by atoms with Crippen LogP contribution in [-0.4, -0.2) is 27.5 Å². The van der Waals surface area contributed by atoms with E-state index in [1.165, 1.54) is 0 Å². The molecule has 122 valence electrons. The van der Waals surface area contributed by atoms with Gasteiger partial charge in [0.05, 0.1) is 15.3 Å². The first-order valence-corrected chi connectivity index (χ1v) is 9.30. The van der Waals surface area contributed by atoms with Crippen LogP contribution in [0.3, 0.4) is 0 Å². The van der Waals surface area contributed by atoms with Crippen LogP contribution >= 0.6 is 22.6 Å². The molecular formula is C15H21IN2O3S. The second-order valence-electron chi connectivity index (χ2n) is 5.94. The summed E-state index contributed by atoms with van der Waals surface area (Å²) >= 11 is 1.02. The molecule has 2 atom stereocenters. The number of hydrogen-bond acceptors (Lipinski definition) is 5. The van der Waals surface area contributed by atoms with Crippen molar-refractivity contribution in [2.75, 3.05) is 13.2 Å². The number of hydrogen-bond donors (Lipinski definition) is 1. The quantitative estimate of drug-likeness (QED) is 0.437. The van der Waals surface area contributed by atoms with Crippen LogP contribution in [0.25, 0.3) is 0 Å². The van der Waals surface area contributed by atoms with Gasteiger partial charge in [0.15, 0.2) is 5.75 Å². The number of nitrogens with zero attached hydrogens (tertiary/aromatic N) is 1. The van der Waals surface area contributed by atoms with Crippen LogP contribution in [0.15, 0.2) is 18.7 Å². The number of fused-ring (bicyclic) bond motifs is 1. The van der Waals surface area contributed by atoms with Crippen molar-refractivity contribution in [2.45, 2.75) is 38.0 Å². The fourth-order valence-corrected chi connectivity index (χ4v) is 3.42. The molecule has 0 saturated heterocycles. The van der Waals surface area contributed by atoms with Crippen LogP contribution in [0.5, 0.6) is 11.6 Å². The molecule has 0 fully saturated rings. The molecule has 7 heteroatoms. The average Bonchev–Trinajstić information content (AvgIpc) is 2.45. The predicted octanol–water partition coefficient (Wildman–Crippen LogP) is 3.13. The molecule has 0 radical (unpaired) electrons. The van der Waals surface area contributed by atoms with Gasteiger partial charge in [-0.25, -0.2) is 4.98 Å². The van der Waals surface area contributed by atoms with Crippen LogP contribution in [0.4, 0.5) is 0 Å². The average molecular weight is 436 g/mol. The fourth-order valence-electron chi connectivity index (χ4n) is 1.89. The highest BCUT2D eigenvalue weighted by Gasteiger charge is 2.31. The van der Waals surface area contributed by atoms with Crippen LogP contribution in [0.2, 0.25) is 0 Å². The lowest BCUT2D eigenvalue weighted by Crippen LogP contribution is -2.41. The Hall–Kier alpha value is -0.510. The second-order valence-corrected chi connectivity index (χ2v) is 9.10. The normalized spacial score (nSPS) is 17.0. The van der Waals surface area contributed by atoms with Crippen molar-refractivity contribution in [2.24, 2.45) is 0 Å². The molecule has 1 unspecified atom stereocenters. The Kier molecular flexibility index (Phi) is 5.98. The molecule has 0 aromatic carbocycles. The lowest BCUT2D eigenvalue weighted by atomic mass is 10.1. The highest BCUT2D eigenvalue weighted by molar-refractivity contribution is 14.1. The standard InChI is InChI=1S/C15H21IN2O3S/c1-5-6-11(18-22(19)15(2,3)4)12-9-10(16)13-14(17-12)21-8-7-20-13/h5,9,11,18H,1,6-8H2,2-4H3/t11-,22?/m0/s1. The summed E-state index contributed by atoms with van der Waals surface area (Å²) in [6.45, 7) is 10.6. The van der Waals surface area contributed by atoms with E-state index in [1.807, 2.05) is 26.8 Å². The predicted molar refractivity (Wildman–Crippen MR) is 96.5 cm³/mol. The molecule has 2 heterocycles. The summed E-state index contributed by atoms with van der Waals surface area (Å²) in [5, 5.41) is 0. The zero-order valence-electron chi connectivity index (χ0n) is 13.0. The van der Waals surface area contributed by atoms with Gasteiger partial charge in [-0.05, 0) is 55.8 Å². The molecule has 2 rings (SSSR count). The van der Waals surface area contributed by atoms with Gasteiger partial charge in [-0.15, -0.1) is 11.3 Å². The summed E-state index contributed by atoms with van der Waals surface area (Å²) in [4.78, 5) is 4.53. The third-order valence-electron chi connectivity index (χ3n) is 3.05. The molecule has 0 spiro atoms. The third-order valence-corrected chi connectivity index (χ3v) is 5.46. The van der Waals surface area contributed by atoms with Gasteiger partial charge in [0.2, 0.25) is 0 Å². The van der Waals surface area contributed by atoms with E-state index in [1.54, 1.807) is 6.08 Å². The van der Waals surface area contributed by atoms with Crippen molar-refractivity contribution < 1.29 is 14.0 Å². The van der Waals surface area contributed by atoms with Crippen molar-refractivity contribution in [3.63, 3.8) is 0 Å². The number of ether oxygens (including phenoxy) is 2. The van der Waals surface area contributed by atoms with Crippen molar-refractivity contribution in [3.8, 4) is 11.6 Å². The highest BCUT2D eigenvalue weighted by atomic mass is 127. The monoisotopic (exact) mass is 436 g/mol. The minimum Gasteiger partial charge on any atom is -0.598 e. The molecule has 1 aromatic rings. The Morgan fingerprint density at radius 1 is 1.50 bits per heavy atom. The van der Waals surface area contributed by atoms with Gasteiger partial charge in [0.25, 0.3) is 5.88 Å². The van der Waals surface area contributed by atoms with E-state index in [9.17, 15) is 4.55 Å². The SMILES string of the molecule is C=CC[C@H](N[S+]([O-])C(C)(C)C)c1cc(I)c2c(n1)OCCO2. The number of aromatic nitrogens is 1. The van der Waals surface area contributed by atoms with Gasteiger partial charge in [-0.1, -0.05) is 6.08 Å². The highest BCUT2D eigenvalue weighted by Crippen LogP contribution is 2.35. The molecule has 5 nitrogen and oxygen atoms in total. The molecule has 1 N–H and O–H groups in total. The number of rotatable bonds is 5. The van der Waals surface area contributed by atoms with E-state index in [0.717, 1.165) is 9.26 Å². The van der Waals surface area contributed by atoms with E-state index >= 15 is 0 Å². The maximum absolute atomic E-state index is 12.4. The summed E-state index contributed by atoms with van der Waals surface area (Å²) in [6, 6.07) is 1.76. The first-order chi connectivity index (χ1) is 10.3. The molecular weight excluding hydrogens is 415 g/mol. The van der Waals surface area contributed by atoms with E-state index in [2.05, 4.69) is 38.9 Å². The topological polar surface area (TPSA) is 66.4 Å². The van der Waals surface area contributed by atoms with E-state index in [-0.39, 0.29) is 10.8 Å². The van der Waals surface area contributed by atoms with Gasteiger partial charge in [-0.3, -0.25) is 0 Å². The Morgan fingerprint density at radius 3 is 2.82 bits per heavy atom. The van der Waals surface area contributed by atoms with E-state index < -0.39 is 11.4 Å².